The van der Waals surface area contributed by atoms with Crippen molar-refractivity contribution in [3.63, 3.8) is 0 Å². The first-order valence-corrected chi connectivity index (χ1v) is 6.52. The van der Waals surface area contributed by atoms with E-state index in [1.54, 1.807) is 29.5 Å². The van der Waals surface area contributed by atoms with Crippen LogP contribution in [0.5, 0.6) is 0 Å². The third kappa shape index (κ3) is 2.85. The number of methoxy groups -OCH3 is 1. The highest BCUT2D eigenvalue weighted by atomic mass is 32.1. The van der Waals surface area contributed by atoms with E-state index in [0.717, 1.165) is 21.4 Å². The summed E-state index contributed by atoms with van der Waals surface area (Å²) in [5.41, 5.74) is 8.54. The monoisotopic (exact) mass is 277 g/mol. The molecule has 0 unspecified atom stereocenters. The number of hydrogen-bond donors (Lipinski definition) is 2. The van der Waals surface area contributed by atoms with Gasteiger partial charge in [-0.05, 0) is 32.0 Å². The van der Waals surface area contributed by atoms with Crippen LogP contribution in [0.15, 0.2) is 18.2 Å². The molecule has 0 aliphatic carbocycles. The summed E-state index contributed by atoms with van der Waals surface area (Å²) in [6, 6.07) is 4.99. The maximum Gasteiger partial charge on any atom is 0.337 e. The summed E-state index contributed by atoms with van der Waals surface area (Å²) in [4.78, 5) is 16.9. The highest BCUT2D eigenvalue weighted by molar-refractivity contribution is 7.15. The molecule has 2 rings (SSSR count). The Hall–Kier alpha value is -2.08. The number of ether oxygens (including phenoxy) is 1. The Kier molecular flexibility index (Phi) is 3.71. The van der Waals surface area contributed by atoms with Gasteiger partial charge < -0.3 is 15.8 Å². The van der Waals surface area contributed by atoms with Gasteiger partial charge in [0.25, 0.3) is 0 Å². The first-order valence-electron chi connectivity index (χ1n) is 5.70. The molecule has 1 aromatic heterocycles. The summed E-state index contributed by atoms with van der Waals surface area (Å²) in [5.74, 6) is -0.404. The third-order valence-corrected chi connectivity index (χ3v) is 3.73. The number of aryl methyl sites for hydroxylation is 2. The SMILES string of the molecule is COC(=O)c1ccc(Nc2nc(C)c(C)s2)c(N)c1. The smallest absolute Gasteiger partial charge is 0.337 e. The minimum Gasteiger partial charge on any atom is -0.465 e. The number of carbonyl (C=O) groups excluding carboxylic acids is 1. The van der Waals surface area contributed by atoms with Gasteiger partial charge in [0.2, 0.25) is 0 Å². The molecule has 5 nitrogen and oxygen atoms in total. The molecule has 19 heavy (non-hydrogen) atoms. The predicted molar refractivity (Wildman–Crippen MR) is 77.1 cm³/mol. The van der Waals surface area contributed by atoms with Crippen LogP contribution < -0.4 is 11.1 Å². The number of aromatic nitrogens is 1. The Morgan fingerprint density at radius 2 is 2.16 bits per heavy atom. The lowest BCUT2D eigenvalue weighted by atomic mass is 10.2. The van der Waals surface area contributed by atoms with Crippen LogP contribution in [0.2, 0.25) is 0 Å². The average molecular weight is 277 g/mol. The fourth-order valence-corrected chi connectivity index (χ4v) is 2.39. The van der Waals surface area contributed by atoms with Gasteiger partial charge in [-0.2, -0.15) is 0 Å². The first-order chi connectivity index (χ1) is 9.01. The summed E-state index contributed by atoms with van der Waals surface area (Å²) in [6.07, 6.45) is 0. The van der Waals surface area contributed by atoms with E-state index < -0.39 is 5.97 Å². The first kappa shape index (κ1) is 13.4. The molecule has 0 aliphatic heterocycles. The topological polar surface area (TPSA) is 77.2 Å². The van der Waals surface area contributed by atoms with Crippen molar-refractivity contribution in [1.29, 1.82) is 0 Å². The summed E-state index contributed by atoms with van der Waals surface area (Å²) in [7, 11) is 1.34. The van der Waals surface area contributed by atoms with Crippen molar-refractivity contribution in [2.45, 2.75) is 13.8 Å². The van der Waals surface area contributed by atoms with Crippen molar-refractivity contribution in [2.75, 3.05) is 18.2 Å². The summed E-state index contributed by atoms with van der Waals surface area (Å²) in [6.45, 7) is 3.97. The second-order valence-corrected chi connectivity index (χ2v) is 5.28. The number of benzene rings is 1. The number of nitrogens with zero attached hydrogens (tertiary/aromatic N) is 1. The molecule has 0 aliphatic rings. The zero-order chi connectivity index (χ0) is 14.0. The van der Waals surface area contributed by atoms with Gasteiger partial charge in [0.1, 0.15) is 0 Å². The molecule has 6 heteroatoms. The van der Waals surface area contributed by atoms with Gasteiger partial charge in [-0.1, -0.05) is 0 Å². The van der Waals surface area contributed by atoms with E-state index in [0.29, 0.717) is 11.3 Å². The normalized spacial score (nSPS) is 10.3. The number of nitrogens with one attached hydrogen (secondary N) is 1. The van der Waals surface area contributed by atoms with Crippen LogP contribution in [-0.2, 0) is 4.74 Å². The van der Waals surface area contributed by atoms with Gasteiger partial charge in [0, 0.05) is 4.88 Å². The van der Waals surface area contributed by atoms with Crippen LogP contribution in [0.1, 0.15) is 20.9 Å². The van der Waals surface area contributed by atoms with E-state index in [2.05, 4.69) is 15.0 Å². The molecular formula is C13H15N3O2S. The number of carbonyl (C=O) groups is 1. The lowest BCUT2D eigenvalue weighted by Gasteiger charge is -2.08. The molecule has 0 atom stereocenters. The number of thiazole rings is 1. The zero-order valence-electron chi connectivity index (χ0n) is 11.0. The summed E-state index contributed by atoms with van der Waals surface area (Å²) < 4.78 is 4.64. The minimum absolute atomic E-state index is 0.404. The van der Waals surface area contributed by atoms with E-state index in [4.69, 9.17) is 5.73 Å². The fraction of sp³-hybridized carbons (Fsp3) is 0.231. The Morgan fingerprint density at radius 3 is 2.68 bits per heavy atom. The number of rotatable bonds is 3. The largest absolute Gasteiger partial charge is 0.465 e. The van der Waals surface area contributed by atoms with Crippen LogP contribution >= 0.6 is 11.3 Å². The number of hydrogen-bond acceptors (Lipinski definition) is 6. The van der Waals surface area contributed by atoms with E-state index in [9.17, 15) is 4.79 Å². The van der Waals surface area contributed by atoms with Crippen molar-refractivity contribution < 1.29 is 9.53 Å². The van der Waals surface area contributed by atoms with Crippen molar-refractivity contribution >= 4 is 33.8 Å². The minimum atomic E-state index is -0.404. The molecular weight excluding hydrogens is 262 g/mol. The maximum atomic E-state index is 11.4. The molecule has 2 aromatic rings. The second kappa shape index (κ2) is 5.27. The van der Waals surface area contributed by atoms with Gasteiger partial charge in [0.05, 0.1) is 29.7 Å². The molecule has 3 N–H and O–H groups in total. The third-order valence-electron chi connectivity index (χ3n) is 2.74. The van der Waals surface area contributed by atoms with E-state index in [1.165, 1.54) is 7.11 Å². The Morgan fingerprint density at radius 1 is 1.42 bits per heavy atom. The lowest BCUT2D eigenvalue weighted by molar-refractivity contribution is 0.0601. The van der Waals surface area contributed by atoms with Gasteiger partial charge in [-0.3, -0.25) is 0 Å². The zero-order valence-corrected chi connectivity index (χ0v) is 11.8. The van der Waals surface area contributed by atoms with Crippen molar-refractivity contribution in [2.24, 2.45) is 0 Å². The van der Waals surface area contributed by atoms with Crippen LogP contribution in [0, 0.1) is 13.8 Å². The van der Waals surface area contributed by atoms with Crippen LogP contribution in [0.3, 0.4) is 0 Å². The maximum absolute atomic E-state index is 11.4. The van der Waals surface area contributed by atoms with Gasteiger partial charge in [0.15, 0.2) is 5.13 Å². The second-order valence-electron chi connectivity index (χ2n) is 4.08. The van der Waals surface area contributed by atoms with Crippen LogP contribution in [0.25, 0.3) is 0 Å². The molecule has 0 saturated heterocycles. The molecule has 0 spiro atoms. The quantitative estimate of drug-likeness (QED) is 0.666. The molecule has 1 heterocycles. The number of nitrogen functional groups attached to an aromatic ring is 1. The summed E-state index contributed by atoms with van der Waals surface area (Å²) >= 11 is 1.56. The number of esters is 1. The number of anilines is 3. The number of nitrogens with two attached hydrogens (primary N) is 1. The lowest BCUT2D eigenvalue weighted by Crippen LogP contribution is -2.03. The van der Waals surface area contributed by atoms with Crippen LogP contribution in [0.4, 0.5) is 16.5 Å². The molecule has 100 valence electrons. The van der Waals surface area contributed by atoms with Crippen molar-refractivity contribution in [3.8, 4) is 0 Å². The van der Waals surface area contributed by atoms with E-state index >= 15 is 0 Å². The predicted octanol–water partition coefficient (Wildman–Crippen LogP) is 2.87. The van der Waals surface area contributed by atoms with Gasteiger partial charge >= 0.3 is 5.97 Å². The van der Waals surface area contributed by atoms with Crippen molar-refractivity contribution in [3.05, 3.63) is 34.3 Å². The molecule has 0 fully saturated rings. The van der Waals surface area contributed by atoms with E-state index in [-0.39, 0.29) is 0 Å². The fourth-order valence-electron chi connectivity index (χ4n) is 1.56. The van der Waals surface area contributed by atoms with Crippen LogP contribution in [-0.4, -0.2) is 18.1 Å². The highest BCUT2D eigenvalue weighted by Gasteiger charge is 2.10. The molecule has 1 aromatic carbocycles. The molecule has 0 bridgehead atoms. The Bertz CT molecular complexity index is 603. The highest BCUT2D eigenvalue weighted by Crippen LogP contribution is 2.28. The summed E-state index contributed by atoms with van der Waals surface area (Å²) in [5, 5.41) is 3.93. The van der Waals surface area contributed by atoms with E-state index in [1.807, 2.05) is 13.8 Å². The standard InChI is InChI=1S/C13H15N3O2S/c1-7-8(2)19-13(15-7)16-11-5-4-9(6-10(11)14)12(17)18-3/h4-6H,14H2,1-3H3,(H,15,16). The molecule has 0 radical (unpaired) electrons. The van der Waals surface area contributed by atoms with Crippen molar-refractivity contribution in [1.82, 2.24) is 4.98 Å². The average Bonchev–Trinajstić information content (AvgIpc) is 2.70. The molecule has 0 amide bonds. The molecule has 0 saturated carbocycles. The Labute approximate surface area is 115 Å². The Balaban J connectivity index is 2.24. The van der Waals surface area contributed by atoms with Gasteiger partial charge in [-0.15, -0.1) is 11.3 Å². The van der Waals surface area contributed by atoms with Gasteiger partial charge in [-0.25, -0.2) is 9.78 Å².